The number of hydrogen-bond acceptors (Lipinski definition) is 8. The molecule has 1 amide bonds. The third-order valence-corrected chi connectivity index (χ3v) is 5.04. The van der Waals surface area contributed by atoms with Gasteiger partial charge in [0.2, 0.25) is 5.95 Å². The fraction of sp³-hybridized carbons (Fsp3) is 0.0526. The van der Waals surface area contributed by atoms with Gasteiger partial charge < -0.3 is 15.8 Å². The van der Waals surface area contributed by atoms with Crippen molar-refractivity contribution in [2.24, 2.45) is 0 Å². The highest BCUT2D eigenvalue weighted by Crippen LogP contribution is 2.16. The van der Waals surface area contributed by atoms with Crippen LogP contribution in [0.5, 0.6) is 0 Å². The molecule has 0 unspecified atom stereocenters. The first-order chi connectivity index (χ1) is 14.3. The maximum Gasteiger partial charge on any atom is 0.338 e. The van der Waals surface area contributed by atoms with Crippen LogP contribution >= 0.6 is 0 Å². The quantitative estimate of drug-likeness (QED) is 0.380. The van der Waals surface area contributed by atoms with E-state index in [9.17, 15) is 18.0 Å². The number of hydrogen-bond donors (Lipinski definition) is 3. The summed E-state index contributed by atoms with van der Waals surface area (Å²) in [6.07, 6.45) is 2.81. The number of nitrogens with one attached hydrogen (secondary N) is 2. The molecule has 0 spiro atoms. The Bertz CT molecular complexity index is 1150. The molecule has 10 nitrogen and oxygen atoms in total. The van der Waals surface area contributed by atoms with Crippen LogP contribution in [0.25, 0.3) is 0 Å². The first kappa shape index (κ1) is 20.7. The Morgan fingerprint density at radius 3 is 2.37 bits per heavy atom. The Hall–Kier alpha value is -3.99. The highest BCUT2D eigenvalue weighted by molar-refractivity contribution is 7.92. The molecule has 1 heterocycles. The Kier molecular flexibility index (Phi) is 6.23. The number of anilines is 3. The molecule has 30 heavy (non-hydrogen) atoms. The zero-order valence-electron chi connectivity index (χ0n) is 15.5. The number of sulfonamides is 1. The lowest BCUT2D eigenvalue weighted by molar-refractivity contribution is -0.119. The van der Waals surface area contributed by atoms with Gasteiger partial charge in [0.25, 0.3) is 15.9 Å². The van der Waals surface area contributed by atoms with Crippen LogP contribution in [0.15, 0.2) is 71.9 Å². The summed E-state index contributed by atoms with van der Waals surface area (Å²) in [4.78, 5) is 31.5. The summed E-state index contributed by atoms with van der Waals surface area (Å²) < 4.78 is 31.8. The number of esters is 1. The SMILES string of the molecule is Nc1cccc(C(=O)OCC(=O)Nc2ccc(S(=O)(=O)Nc3ncccn3)cc2)c1. The molecule has 0 atom stereocenters. The summed E-state index contributed by atoms with van der Waals surface area (Å²) in [5, 5.41) is 2.51. The number of nitrogens with two attached hydrogens (primary N) is 1. The molecular formula is C19H17N5O5S. The van der Waals surface area contributed by atoms with Crippen LogP contribution in [0, 0.1) is 0 Å². The summed E-state index contributed by atoms with van der Waals surface area (Å²) in [7, 11) is -3.88. The number of carbonyl (C=O) groups is 2. The molecule has 1 aromatic heterocycles. The van der Waals surface area contributed by atoms with Gasteiger partial charge in [-0.05, 0) is 48.5 Å². The zero-order valence-corrected chi connectivity index (χ0v) is 16.3. The van der Waals surface area contributed by atoms with Crippen molar-refractivity contribution in [1.29, 1.82) is 0 Å². The normalized spacial score (nSPS) is 10.8. The van der Waals surface area contributed by atoms with Gasteiger partial charge in [-0.2, -0.15) is 0 Å². The molecule has 0 aliphatic heterocycles. The van der Waals surface area contributed by atoms with E-state index in [1.54, 1.807) is 18.2 Å². The largest absolute Gasteiger partial charge is 0.452 e. The third kappa shape index (κ3) is 5.52. The fourth-order valence-electron chi connectivity index (χ4n) is 2.33. The summed E-state index contributed by atoms with van der Waals surface area (Å²) in [6, 6.07) is 13.1. The molecule has 11 heteroatoms. The molecule has 0 aliphatic rings. The van der Waals surface area contributed by atoms with Gasteiger partial charge >= 0.3 is 5.97 Å². The number of carbonyl (C=O) groups excluding carboxylic acids is 2. The van der Waals surface area contributed by atoms with E-state index in [-0.39, 0.29) is 16.4 Å². The molecular weight excluding hydrogens is 410 g/mol. The van der Waals surface area contributed by atoms with Crippen LogP contribution in [-0.4, -0.2) is 36.9 Å². The van der Waals surface area contributed by atoms with Gasteiger partial charge in [-0.25, -0.2) is 27.9 Å². The average molecular weight is 427 g/mol. The van der Waals surface area contributed by atoms with Crippen molar-refractivity contribution in [1.82, 2.24) is 9.97 Å². The summed E-state index contributed by atoms with van der Waals surface area (Å²) >= 11 is 0. The Labute approximate surface area is 172 Å². The predicted molar refractivity (Wildman–Crippen MR) is 109 cm³/mol. The predicted octanol–water partition coefficient (Wildman–Crippen LogP) is 1.66. The van der Waals surface area contributed by atoms with Crippen LogP contribution in [0.1, 0.15) is 10.4 Å². The molecule has 0 fully saturated rings. The Morgan fingerprint density at radius 1 is 1.00 bits per heavy atom. The number of nitrogen functional groups attached to an aromatic ring is 1. The van der Waals surface area contributed by atoms with Gasteiger partial charge in [0.05, 0.1) is 10.5 Å². The highest BCUT2D eigenvalue weighted by atomic mass is 32.2. The minimum atomic E-state index is -3.88. The first-order valence-corrected chi connectivity index (χ1v) is 10.0. The summed E-state index contributed by atoms with van der Waals surface area (Å²) in [5.74, 6) is -1.33. The van der Waals surface area contributed by atoms with Crippen molar-refractivity contribution in [3.05, 3.63) is 72.6 Å². The van der Waals surface area contributed by atoms with Crippen molar-refractivity contribution >= 4 is 39.2 Å². The molecule has 0 bridgehead atoms. The molecule has 0 saturated carbocycles. The van der Waals surface area contributed by atoms with E-state index in [0.29, 0.717) is 11.4 Å². The van der Waals surface area contributed by atoms with Gasteiger partial charge in [-0.15, -0.1) is 0 Å². The number of nitrogens with zero attached hydrogens (tertiary/aromatic N) is 2. The van der Waals surface area contributed by atoms with E-state index < -0.39 is 28.5 Å². The maximum absolute atomic E-state index is 12.3. The van der Waals surface area contributed by atoms with Crippen molar-refractivity contribution in [3.8, 4) is 0 Å². The molecule has 4 N–H and O–H groups in total. The fourth-order valence-corrected chi connectivity index (χ4v) is 3.28. The van der Waals surface area contributed by atoms with Crippen LogP contribution in [0.3, 0.4) is 0 Å². The van der Waals surface area contributed by atoms with Crippen LogP contribution in [0.2, 0.25) is 0 Å². The minimum Gasteiger partial charge on any atom is -0.452 e. The average Bonchev–Trinajstić information content (AvgIpc) is 2.73. The topological polar surface area (TPSA) is 153 Å². The summed E-state index contributed by atoms with van der Waals surface area (Å²) in [6.45, 7) is -0.513. The first-order valence-electron chi connectivity index (χ1n) is 8.56. The molecule has 154 valence electrons. The van der Waals surface area contributed by atoms with Gasteiger partial charge in [0.1, 0.15) is 0 Å². The van der Waals surface area contributed by atoms with E-state index in [1.165, 1.54) is 48.8 Å². The molecule has 3 aromatic rings. The smallest absolute Gasteiger partial charge is 0.338 e. The number of amides is 1. The lowest BCUT2D eigenvalue weighted by Crippen LogP contribution is -2.21. The van der Waals surface area contributed by atoms with Gasteiger partial charge in [-0.1, -0.05) is 6.07 Å². The second-order valence-corrected chi connectivity index (χ2v) is 7.63. The van der Waals surface area contributed by atoms with Crippen molar-refractivity contribution in [2.75, 3.05) is 22.4 Å². The standard InChI is InChI=1S/C19H17N5O5S/c20-14-4-1-3-13(11-14)18(26)29-12-17(25)23-15-5-7-16(8-6-15)30(27,28)24-19-21-9-2-10-22-19/h1-11H,12,20H2,(H,23,25)(H,21,22,24). The third-order valence-electron chi connectivity index (χ3n) is 3.70. The monoisotopic (exact) mass is 427 g/mol. The van der Waals surface area contributed by atoms with E-state index in [0.717, 1.165) is 0 Å². The lowest BCUT2D eigenvalue weighted by atomic mass is 10.2. The van der Waals surface area contributed by atoms with E-state index in [2.05, 4.69) is 20.0 Å². The molecule has 2 aromatic carbocycles. The number of benzene rings is 2. The van der Waals surface area contributed by atoms with Crippen molar-refractivity contribution in [2.45, 2.75) is 4.90 Å². The lowest BCUT2D eigenvalue weighted by Gasteiger charge is -2.09. The second kappa shape index (κ2) is 9.01. The van der Waals surface area contributed by atoms with Gasteiger partial charge in [-0.3, -0.25) is 4.79 Å². The Morgan fingerprint density at radius 2 is 1.70 bits per heavy atom. The van der Waals surface area contributed by atoms with Crippen molar-refractivity contribution in [3.63, 3.8) is 0 Å². The number of aromatic nitrogens is 2. The highest BCUT2D eigenvalue weighted by Gasteiger charge is 2.16. The zero-order chi connectivity index (χ0) is 21.6. The number of ether oxygens (including phenoxy) is 1. The molecule has 0 radical (unpaired) electrons. The minimum absolute atomic E-state index is 0.0407. The Balaban J connectivity index is 1.56. The number of rotatable bonds is 7. The molecule has 0 aliphatic carbocycles. The van der Waals surface area contributed by atoms with Crippen LogP contribution < -0.4 is 15.8 Å². The van der Waals surface area contributed by atoms with Crippen molar-refractivity contribution < 1.29 is 22.7 Å². The molecule has 0 saturated heterocycles. The van der Waals surface area contributed by atoms with Crippen LogP contribution in [0.4, 0.5) is 17.3 Å². The second-order valence-electron chi connectivity index (χ2n) is 5.95. The van der Waals surface area contributed by atoms with Crippen LogP contribution in [-0.2, 0) is 19.6 Å². The maximum atomic E-state index is 12.3. The van der Waals surface area contributed by atoms with E-state index >= 15 is 0 Å². The van der Waals surface area contributed by atoms with E-state index in [1.807, 2.05) is 0 Å². The summed E-state index contributed by atoms with van der Waals surface area (Å²) in [5.41, 5.74) is 6.56. The van der Waals surface area contributed by atoms with E-state index in [4.69, 9.17) is 10.5 Å². The van der Waals surface area contributed by atoms with Gasteiger partial charge in [0.15, 0.2) is 6.61 Å². The molecule has 3 rings (SSSR count). The van der Waals surface area contributed by atoms with Gasteiger partial charge in [0, 0.05) is 23.8 Å².